The monoisotopic (exact) mass is 249 g/mol. The first-order valence-corrected chi connectivity index (χ1v) is 7.24. The molecule has 2 nitrogen and oxygen atoms in total. The van der Waals surface area contributed by atoms with Gasteiger partial charge in [0.15, 0.2) is 0 Å². The fourth-order valence-electron chi connectivity index (χ4n) is 1.90. The summed E-state index contributed by atoms with van der Waals surface area (Å²) in [5.74, 6) is 1.03. The molecule has 1 rings (SSSR count). The number of nitrogens with one attached hydrogen (secondary N) is 1. The second-order valence-corrected chi connectivity index (χ2v) is 4.77. The summed E-state index contributed by atoms with van der Waals surface area (Å²) < 4.78 is 5.86. The molecule has 1 aromatic carbocycles. The van der Waals surface area contributed by atoms with Crippen LogP contribution < -0.4 is 10.1 Å². The largest absolute Gasteiger partial charge is 0.493 e. The third-order valence-electron chi connectivity index (χ3n) is 3.12. The highest BCUT2D eigenvalue weighted by Crippen LogP contribution is 2.24. The van der Waals surface area contributed by atoms with Gasteiger partial charge >= 0.3 is 0 Å². The minimum absolute atomic E-state index is 0.356. The molecule has 102 valence electrons. The Balaban J connectivity index is 2.56. The van der Waals surface area contributed by atoms with E-state index < -0.39 is 0 Å². The number of hydrogen-bond donors (Lipinski definition) is 1. The van der Waals surface area contributed by atoms with Crippen LogP contribution in [0.2, 0.25) is 0 Å². The van der Waals surface area contributed by atoms with Crippen molar-refractivity contribution in [1.29, 1.82) is 0 Å². The quantitative estimate of drug-likeness (QED) is 0.658. The number of hydrogen-bond acceptors (Lipinski definition) is 2. The highest BCUT2D eigenvalue weighted by Gasteiger charge is 2.10. The van der Waals surface area contributed by atoms with Crippen LogP contribution in [0.5, 0.6) is 5.75 Å². The van der Waals surface area contributed by atoms with Crippen molar-refractivity contribution in [2.75, 3.05) is 13.2 Å². The molecular formula is C16H27NO. The first-order valence-electron chi connectivity index (χ1n) is 7.24. The summed E-state index contributed by atoms with van der Waals surface area (Å²) in [5.41, 5.74) is 1.27. The van der Waals surface area contributed by atoms with Gasteiger partial charge in [0.2, 0.25) is 0 Å². The Morgan fingerprint density at radius 1 is 1.11 bits per heavy atom. The fourth-order valence-corrected chi connectivity index (χ4v) is 1.90. The average Bonchev–Trinajstić information content (AvgIpc) is 2.40. The van der Waals surface area contributed by atoms with Crippen molar-refractivity contribution >= 4 is 0 Å². The zero-order valence-electron chi connectivity index (χ0n) is 12.0. The molecule has 0 unspecified atom stereocenters. The van der Waals surface area contributed by atoms with E-state index in [9.17, 15) is 0 Å². The Morgan fingerprint density at radius 3 is 2.56 bits per heavy atom. The zero-order valence-corrected chi connectivity index (χ0v) is 12.0. The third kappa shape index (κ3) is 5.09. The molecule has 0 heterocycles. The third-order valence-corrected chi connectivity index (χ3v) is 3.12. The summed E-state index contributed by atoms with van der Waals surface area (Å²) in [6.07, 6.45) is 4.75. The molecule has 0 bridgehead atoms. The van der Waals surface area contributed by atoms with Crippen molar-refractivity contribution in [2.24, 2.45) is 0 Å². The Morgan fingerprint density at radius 2 is 1.83 bits per heavy atom. The number of rotatable bonds is 9. The predicted octanol–water partition coefficient (Wildman–Crippen LogP) is 4.32. The van der Waals surface area contributed by atoms with Crippen LogP contribution in [-0.4, -0.2) is 13.2 Å². The van der Waals surface area contributed by atoms with E-state index >= 15 is 0 Å². The summed E-state index contributed by atoms with van der Waals surface area (Å²) in [6.45, 7) is 8.49. The molecule has 0 aliphatic carbocycles. The molecule has 1 atom stereocenters. The van der Waals surface area contributed by atoms with Crippen LogP contribution in [0, 0.1) is 0 Å². The molecule has 0 saturated heterocycles. The Bertz CT molecular complexity index is 325. The van der Waals surface area contributed by atoms with E-state index in [0.717, 1.165) is 25.3 Å². The first-order chi connectivity index (χ1) is 8.79. The summed E-state index contributed by atoms with van der Waals surface area (Å²) in [4.78, 5) is 0. The molecule has 2 heteroatoms. The van der Waals surface area contributed by atoms with Gasteiger partial charge in [-0.25, -0.2) is 0 Å². The van der Waals surface area contributed by atoms with E-state index in [2.05, 4.69) is 44.3 Å². The van der Waals surface area contributed by atoms with Crippen LogP contribution in [-0.2, 0) is 0 Å². The van der Waals surface area contributed by atoms with Gasteiger partial charge in [-0.2, -0.15) is 0 Å². The second kappa shape index (κ2) is 8.98. The van der Waals surface area contributed by atoms with Crippen LogP contribution >= 0.6 is 0 Å². The maximum atomic E-state index is 5.86. The van der Waals surface area contributed by atoms with Crippen molar-refractivity contribution in [3.63, 3.8) is 0 Å². The fraction of sp³-hybridized carbons (Fsp3) is 0.625. The van der Waals surface area contributed by atoms with Crippen molar-refractivity contribution in [1.82, 2.24) is 5.32 Å². The topological polar surface area (TPSA) is 21.3 Å². The van der Waals surface area contributed by atoms with Crippen LogP contribution in [0.25, 0.3) is 0 Å². The molecule has 0 saturated carbocycles. The Hall–Kier alpha value is -1.02. The van der Waals surface area contributed by atoms with Crippen LogP contribution in [0.4, 0.5) is 0 Å². The van der Waals surface area contributed by atoms with Crippen LogP contribution in [0.3, 0.4) is 0 Å². The molecule has 0 amide bonds. The van der Waals surface area contributed by atoms with Crippen LogP contribution in [0.15, 0.2) is 24.3 Å². The summed E-state index contributed by atoms with van der Waals surface area (Å²) in [6, 6.07) is 8.71. The zero-order chi connectivity index (χ0) is 13.2. The lowest BCUT2D eigenvalue weighted by atomic mass is 10.1. The normalized spacial score (nSPS) is 12.4. The lowest BCUT2D eigenvalue weighted by Gasteiger charge is -2.18. The van der Waals surface area contributed by atoms with Gasteiger partial charge in [-0.1, -0.05) is 44.9 Å². The molecule has 0 aliphatic heterocycles. The number of para-hydroxylation sites is 1. The smallest absolute Gasteiger partial charge is 0.124 e. The predicted molar refractivity (Wildman–Crippen MR) is 78.2 cm³/mol. The standard InChI is InChI=1S/C16H27NO/c1-4-6-12-17-14(3)15-10-8-9-11-16(15)18-13-7-5-2/h8-11,14,17H,4-7,12-13H2,1-3H3/t14-/m0/s1. The maximum absolute atomic E-state index is 5.86. The summed E-state index contributed by atoms with van der Waals surface area (Å²) >= 11 is 0. The minimum atomic E-state index is 0.356. The second-order valence-electron chi connectivity index (χ2n) is 4.77. The average molecular weight is 249 g/mol. The molecule has 0 spiro atoms. The van der Waals surface area contributed by atoms with Gasteiger partial charge in [0.1, 0.15) is 5.75 Å². The lowest BCUT2D eigenvalue weighted by molar-refractivity contribution is 0.303. The van der Waals surface area contributed by atoms with E-state index in [4.69, 9.17) is 4.74 Å². The summed E-state index contributed by atoms with van der Waals surface area (Å²) in [7, 11) is 0. The van der Waals surface area contributed by atoms with Gasteiger partial charge in [0, 0.05) is 11.6 Å². The molecule has 0 aromatic heterocycles. The van der Waals surface area contributed by atoms with Gasteiger partial charge in [-0.15, -0.1) is 0 Å². The highest BCUT2D eigenvalue weighted by atomic mass is 16.5. The van der Waals surface area contributed by atoms with Crippen molar-refractivity contribution in [3.8, 4) is 5.75 Å². The Labute approximate surface area is 112 Å². The van der Waals surface area contributed by atoms with E-state index in [0.29, 0.717) is 6.04 Å². The lowest BCUT2D eigenvalue weighted by Crippen LogP contribution is -2.20. The van der Waals surface area contributed by atoms with Gasteiger partial charge < -0.3 is 10.1 Å². The van der Waals surface area contributed by atoms with Crippen molar-refractivity contribution < 1.29 is 4.74 Å². The first kappa shape index (κ1) is 15.0. The molecular weight excluding hydrogens is 222 g/mol. The summed E-state index contributed by atoms with van der Waals surface area (Å²) in [5, 5.41) is 3.55. The molecule has 0 aliphatic rings. The molecule has 1 N–H and O–H groups in total. The number of benzene rings is 1. The van der Waals surface area contributed by atoms with E-state index in [1.165, 1.54) is 24.8 Å². The van der Waals surface area contributed by atoms with Gasteiger partial charge in [0.05, 0.1) is 6.61 Å². The Kier molecular flexibility index (Phi) is 7.51. The number of unbranched alkanes of at least 4 members (excludes halogenated alkanes) is 2. The SMILES string of the molecule is CCCCN[C@@H](C)c1ccccc1OCCCC. The van der Waals surface area contributed by atoms with E-state index in [1.807, 2.05) is 6.07 Å². The van der Waals surface area contributed by atoms with Crippen LogP contribution in [0.1, 0.15) is 58.1 Å². The van der Waals surface area contributed by atoms with Crippen molar-refractivity contribution in [3.05, 3.63) is 29.8 Å². The van der Waals surface area contributed by atoms with E-state index in [-0.39, 0.29) is 0 Å². The molecule has 0 fully saturated rings. The van der Waals surface area contributed by atoms with Gasteiger partial charge in [-0.05, 0) is 32.4 Å². The molecule has 0 radical (unpaired) electrons. The molecule has 1 aromatic rings. The minimum Gasteiger partial charge on any atom is -0.493 e. The number of ether oxygens (including phenoxy) is 1. The maximum Gasteiger partial charge on any atom is 0.124 e. The van der Waals surface area contributed by atoms with Gasteiger partial charge in [-0.3, -0.25) is 0 Å². The van der Waals surface area contributed by atoms with E-state index in [1.54, 1.807) is 0 Å². The van der Waals surface area contributed by atoms with Gasteiger partial charge in [0.25, 0.3) is 0 Å². The highest BCUT2D eigenvalue weighted by molar-refractivity contribution is 5.35. The van der Waals surface area contributed by atoms with Crippen molar-refractivity contribution in [2.45, 2.75) is 52.5 Å². The molecule has 18 heavy (non-hydrogen) atoms.